The Morgan fingerprint density at radius 2 is 1.96 bits per heavy atom. The third-order valence-electron chi connectivity index (χ3n) is 4.81. The molecule has 0 saturated carbocycles. The van der Waals surface area contributed by atoms with E-state index in [1.54, 1.807) is 24.5 Å². The van der Waals surface area contributed by atoms with Crippen LogP contribution >= 0.6 is 0 Å². The third-order valence-corrected chi connectivity index (χ3v) is 4.81. The zero-order chi connectivity index (χ0) is 17.3. The number of pyridine rings is 1. The average Bonchev–Trinajstić information content (AvgIpc) is 3.17. The van der Waals surface area contributed by atoms with Gasteiger partial charge < -0.3 is 14.8 Å². The average molecular weight is 332 g/mol. The van der Waals surface area contributed by atoms with E-state index in [9.17, 15) is 4.79 Å². The summed E-state index contributed by atoms with van der Waals surface area (Å²) in [5.41, 5.74) is 1.01. The van der Waals surface area contributed by atoms with Crippen LogP contribution in [0.3, 0.4) is 0 Å². The van der Waals surface area contributed by atoms with E-state index in [0.717, 1.165) is 31.2 Å². The topological polar surface area (TPSA) is 60.5 Å². The maximum atomic E-state index is 11.9. The molecule has 0 unspecified atom stereocenters. The minimum Gasteiger partial charge on any atom is -0.353 e. The summed E-state index contributed by atoms with van der Waals surface area (Å²) in [6.45, 7) is 6.40. The van der Waals surface area contributed by atoms with Gasteiger partial charge in [-0.05, 0) is 49.5 Å². The maximum absolute atomic E-state index is 11.9. The van der Waals surface area contributed by atoms with E-state index in [1.807, 2.05) is 12.1 Å². The van der Waals surface area contributed by atoms with Crippen molar-refractivity contribution in [1.29, 1.82) is 0 Å². The van der Waals surface area contributed by atoms with Crippen molar-refractivity contribution < 1.29 is 14.3 Å². The van der Waals surface area contributed by atoms with Crippen LogP contribution in [-0.4, -0.2) is 36.9 Å². The van der Waals surface area contributed by atoms with Crippen molar-refractivity contribution in [2.45, 2.75) is 45.8 Å². The summed E-state index contributed by atoms with van der Waals surface area (Å²) in [4.78, 5) is 15.8. The molecule has 0 atom stereocenters. The molecule has 0 aromatic carbocycles. The molecule has 0 radical (unpaired) electrons. The van der Waals surface area contributed by atoms with Gasteiger partial charge in [0.05, 0.1) is 13.2 Å². The number of hydrogen-bond acceptors (Lipinski definition) is 4. The fourth-order valence-electron chi connectivity index (χ4n) is 3.12. The fourth-order valence-corrected chi connectivity index (χ4v) is 3.12. The third kappa shape index (κ3) is 5.14. The summed E-state index contributed by atoms with van der Waals surface area (Å²) in [6.07, 6.45) is 10.6. The van der Waals surface area contributed by atoms with Crippen molar-refractivity contribution in [3.8, 4) is 0 Å². The molecule has 132 valence electrons. The molecule has 2 rings (SSSR count). The van der Waals surface area contributed by atoms with E-state index in [1.165, 1.54) is 0 Å². The van der Waals surface area contributed by atoms with Crippen LogP contribution in [-0.2, 0) is 14.3 Å². The highest BCUT2D eigenvalue weighted by atomic mass is 16.7. The number of carbonyl (C=O) groups excluding carboxylic acids is 1. The molecule has 1 aromatic heterocycles. The van der Waals surface area contributed by atoms with E-state index in [0.29, 0.717) is 19.8 Å². The molecule has 1 aliphatic rings. The highest BCUT2D eigenvalue weighted by molar-refractivity contribution is 5.91. The van der Waals surface area contributed by atoms with Gasteiger partial charge in [-0.15, -0.1) is 0 Å². The van der Waals surface area contributed by atoms with Gasteiger partial charge in [0.1, 0.15) is 0 Å². The second-order valence-electron chi connectivity index (χ2n) is 6.15. The Kier molecular flexibility index (Phi) is 7.40. The Morgan fingerprint density at radius 1 is 1.29 bits per heavy atom. The minimum absolute atomic E-state index is 0.0497. The van der Waals surface area contributed by atoms with E-state index in [4.69, 9.17) is 9.47 Å². The maximum Gasteiger partial charge on any atom is 0.243 e. The van der Waals surface area contributed by atoms with Crippen LogP contribution in [0.15, 0.2) is 30.6 Å². The molecule has 0 spiro atoms. The van der Waals surface area contributed by atoms with Crippen LogP contribution < -0.4 is 5.32 Å². The summed E-state index contributed by atoms with van der Waals surface area (Å²) in [6, 6.07) is 3.73. The number of aromatic nitrogens is 1. The molecule has 24 heavy (non-hydrogen) atoms. The molecular weight excluding hydrogens is 304 g/mol. The normalized spacial score (nSPS) is 15.9. The molecule has 1 aromatic rings. The minimum atomic E-state index is -0.102. The molecule has 5 nitrogen and oxygen atoms in total. The molecule has 0 aliphatic carbocycles. The number of amides is 1. The lowest BCUT2D eigenvalue weighted by molar-refractivity contribution is -0.140. The Bertz CT molecular complexity index is 521. The second-order valence-corrected chi connectivity index (χ2v) is 6.15. The van der Waals surface area contributed by atoms with Crippen molar-refractivity contribution in [2.75, 3.05) is 19.8 Å². The zero-order valence-electron chi connectivity index (χ0n) is 14.7. The Labute approximate surface area is 144 Å². The lowest BCUT2D eigenvalue weighted by Crippen LogP contribution is -2.36. The number of ether oxygens (including phenoxy) is 2. The highest BCUT2D eigenvalue weighted by Crippen LogP contribution is 2.39. The molecule has 1 N–H and O–H groups in total. The van der Waals surface area contributed by atoms with Gasteiger partial charge >= 0.3 is 0 Å². The quantitative estimate of drug-likeness (QED) is 0.557. The van der Waals surface area contributed by atoms with Gasteiger partial charge in [0.15, 0.2) is 6.29 Å². The van der Waals surface area contributed by atoms with Crippen molar-refractivity contribution in [2.24, 2.45) is 5.41 Å². The molecule has 1 amide bonds. The predicted molar refractivity (Wildman–Crippen MR) is 94.2 cm³/mol. The van der Waals surface area contributed by atoms with Crippen molar-refractivity contribution in [3.05, 3.63) is 36.2 Å². The van der Waals surface area contributed by atoms with Gasteiger partial charge in [0.25, 0.3) is 0 Å². The number of carbonyl (C=O) groups is 1. The van der Waals surface area contributed by atoms with Crippen LogP contribution in [0.5, 0.6) is 0 Å². The Balaban J connectivity index is 1.74. The SMILES string of the molecule is CCC(CC)(CCCNC(=O)/C=C/c1ccncc1)C1OCCO1. The summed E-state index contributed by atoms with van der Waals surface area (Å²) >= 11 is 0. The monoisotopic (exact) mass is 332 g/mol. The first-order valence-corrected chi connectivity index (χ1v) is 8.79. The van der Waals surface area contributed by atoms with E-state index >= 15 is 0 Å². The van der Waals surface area contributed by atoms with Crippen molar-refractivity contribution >= 4 is 12.0 Å². The summed E-state index contributed by atoms with van der Waals surface area (Å²) in [5.74, 6) is -0.0706. The van der Waals surface area contributed by atoms with Crippen LogP contribution in [0.2, 0.25) is 0 Å². The summed E-state index contributed by atoms with van der Waals surface area (Å²) < 4.78 is 11.5. The largest absolute Gasteiger partial charge is 0.353 e. The van der Waals surface area contributed by atoms with Crippen LogP contribution in [0.4, 0.5) is 0 Å². The van der Waals surface area contributed by atoms with Crippen molar-refractivity contribution in [3.63, 3.8) is 0 Å². The molecule has 1 fully saturated rings. The van der Waals surface area contributed by atoms with Crippen LogP contribution in [0.1, 0.15) is 45.1 Å². The standard InChI is InChI=1S/C19H28N2O3/c1-3-19(4-2,18-23-14-15-24-18)10-5-11-21-17(22)7-6-16-8-12-20-13-9-16/h6-9,12-13,18H,3-5,10-11,14-15H2,1-2H3,(H,21,22)/b7-6+. The summed E-state index contributed by atoms with van der Waals surface area (Å²) in [7, 11) is 0. The zero-order valence-corrected chi connectivity index (χ0v) is 14.7. The summed E-state index contributed by atoms with van der Waals surface area (Å²) in [5, 5.41) is 2.94. The molecule has 1 saturated heterocycles. The van der Waals surface area contributed by atoms with Gasteiger partial charge in [0, 0.05) is 30.4 Å². The second kappa shape index (κ2) is 9.55. The number of hydrogen-bond donors (Lipinski definition) is 1. The van der Waals surface area contributed by atoms with Crippen LogP contribution in [0.25, 0.3) is 6.08 Å². The molecule has 1 aliphatic heterocycles. The predicted octanol–water partition coefficient (Wildman–Crippen LogP) is 3.17. The Morgan fingerprint density at radius 3 is 2.58 bits per heavy atom. The lowest BCUT2D eigenvalue weighted by Gasteiger charge is -2.36. The number of rotatable bonds is 9. The first kappa shape index (κ1) is 18.6. The molecule has 0 bridgehead atoms. The van der Waals surface area contributed by atoms with Gasteiger partial charge in [0.2, 0.25) is 5.91 Å². The first-order valence-electron chi connectivity index (χ1n) is 8.79. The molecule has 5 heteroatoms. The van der Waals surface area contributed by atoms with Gasteiger partial charge in [-0.2, -0.15) is 0 Å². The van der Waals surface area contributed by atoms with Gasteiger partial charge in [-0.3, -0.25) is 9.78 Å². The van der Waals surface area contributed by atoms with Crippen molar-refractivity contribution in [1.82, 2.24) is 10.3 Å². The van der Waals surface area contributed by atoms with E-state index < -0.39 is 0 Å². The van der Waals surface area contributed by atoms with Gasteiger partial charge in [-0.25, -0.2) is 0 Å². The Hall–Kier alpha value is -1.72. The van der Waals surface area contributed by atoms with Gasteiger partial charge in [-0.1, -0.05) is 13.8 Å². The first-order chi connectivity index (χ1) is 11.7. The van der Waals surface area contributed by atoms with E-state index in [2.05, 4.69) is 24.1 Å². The smallest absolute Gasteiger partial charge is 0.243 e. The highest BCUT2D eigenvalue weighted by Gasteiger charge is 2.39. The fraction of sp³-hybridized carbons (Fsp3) is 0.579. The molecule has 2 heterocycles. The lowest BCUT2D eigenvalue weighted by atomic mass is 9.77. The van der Waals surface area contributed by atoms with Crippen LogP contribution in [0, 0.1) is 5.41 Å². The number of nitrogens with zero attached hydrogens (tertiary/aromatic N) is 1. The van der Waals surface area contributed by atoms with E-state index in [-0.39, 0.29) is 17.6 Å². The number of nitrogens with one attached hydrogen (secondary N) is 1. The molecular formula is C19H28N2O3.